The summed E-state index contributed by atoms with van der Waals surface area (Å²) in [5.41, 5.74) is 1.06. The number of benzene rings is 3. The lowest BCUT2D eigenvalue weighted by atomic mass is 10.1. The number of hydrogen-bond acceptors (Lipinski definition) is 5. The van der Waals surface area contributed by atoms with Crippen LogP contribution in [-0.2, 0) is 17.4 Å². The fourth-order valence-electron chi connectivity index (χ4n) is 3.60. The van der Waals surface area contributed by atoms with Gasteiger partial charge in [-0.25, -0.2) is 0 Å². The molecule has 5 nitrogen and oxygen atoms in total. The molecule has 2 amide bonds. The van der Waals surface area contributed by atoms with Crippen molar-refractivity contribution >= 4 is 22.9 Å². The summed E-state index contributed by atoms with van der Waals surface area (Å²) >= 11 is 0.990. The van der Waals surface area contributed by atoms with E-state index in [-0.39, 0.29) is 11.1 Å². The molecule has 35 heavy (non-hydrogen) atoms. The summed E-state index contributed by atoms with van der Waals surface area (Å²) in [6, 6.07) is 21.3. The minimum atomic E-state index is -4.40. The molecule has 4 rings (SSSR count). The van der Waals surface area contributed by atoms with E-state index in [4.69, 9.17) is 9.47 Å². The lowest BCUT2D eigenvalue weighted by Gasteiger charge is -2.20. The minimum Gasteiger partial charge on any atom is -0.493 e. The Morgan fingerprint density at radius 3 is 2.14 bits per heavy atom. The Morgan fingerprint density at radius 2 is 1.54 bits per heavy atom. The number of thioether (sulfide) groups is 1. The van der Waals surface area contributed by atoms with Crippen LogP contribution in [-0.4, -0.2) is 23.0 Å². The molecule has 0 aliphatic carbocycles. The Morgan fingerprint density at radius 1 is 0.886 bits per heavy atom. The molecular weight excluding hydrogens is 479 g/mol. The number of rotatable bonds is 9. The number of carbonyl (C=O) groups is 2. The van der Waals surface area contributed by atoms with E-state index in [0.29, 0.717) is 30.9 Å². The molecule has 2 atom stereocenters. The van der Waals surface area contributed by atoms with Gasteiger partial charge in [-0.15, -0.1) is 0 Å². The highest BCUT2D eigenvalue weighted by molar-refractivity contribution is 8.15. The number of ether oxygens (including phenoxy) is 2. The normalized spacial score (nSPS) is 16.6. The van der Waals surface area contributed by atoms with Gasteiger partial charge in [-0.3, -0.25) is 14.9 Å². The largest absolute Gasteiger partial charge is 0.493 e. The van der Waals surface area contributed by atoms with Crippen molar-refractivity contribution in [2.45, 2.75) is 30.4 Å². The van der Waals surface area contributed by atoms with Gasteiger partial charge in [0, 0.05) is 6.42 Å². The van der Waals surface area contributed by atoms with Crippen molar-refractivity contribution in [2.75, 3.05) is 6.61 Å². The van der Waals surface area contributed by atoms with Gasteiger partial charge in [-0.1, -0.05) is 54.2 Å². The van der Waals surface area contributed by atoms with Gasteiger partial charge in [0.25, 0.3) is 5.24 Å². The Labute approximate surface area is 204 Å². The quantitative estimate of drug-likeness (QED) is 0.379. The summed E-state index contributed by atoms with van der Waals surface area (Å²) in [6.07, 6.45) is -3.91. The second-order valence-electron chi connectivity index (χ2n) is 7.91. The van der Waals surface area contributed by atoms with E-state index in [9.17, 15) is 22.8 Å². The summed E-state index contributed by atoms with van der Waals surface area (Å²) in [5, 5.41) is 1.52. The highest BCUT2D eigenvalue weighted by Crippen LogP contribution is 2.32. The van der Waals surface area contributed by atoms with Crippen molar-refractivity contribution in [2.24, 2.45) is 0 Å². The second-order valence-corrected chi connectivity index (χ2v) is 9.08. The van der Waals surface area contributed by atoms with E-state index in [1.165, 1.54) is 12.1 Å². The molecule has 1 heterocycles. The molecular formula is C26H22F3NO4S. The van der Waals surface area contributed by atoms with Crippen LogP contribution in [0, 0.1) is 0 Å². The Hall–Kier alpha value is -3.46. The van der Waals surface area contributed by atoms with Crippen LogP contribution in [0.25, 0.3) is 0 Å². The predicted octanol–water partition coefficient (Wildman–Crippen LogP) is 6.19. The number of imide groups is 1. The Balaban J connectivity index is 1.35. The zero-order chi connectivity index (χ0) is 24.8. The molecule has 1 N–H and O–H groups in total. The first-order valence-corrected chi connectivity index (χ1v) is 11.8. The van der Waals surface area contributed by atoms with Crippen molar-refractivity contribution in [3.63, 3.8) is 0 Å². The fourth-order valence-corrected chi connectivity index (χ4v) is 4.46. The third-order valence-corrected chi connectivity index (χ3v) is 6.37. The maximum Gasteiger partial charge on any atom is 0.416 e. The number of carbonyl (C=O) groups excluding carboxylic acids is 2. The van der Waals surface area contributed by atoms with E-state index in [1.807, 2.05) is 42.5 Å². The summed E-state index contributed by atoms with van der Waals surface area (Å²) in [4.78, 5) is 23.0. The first kappa shape index (κ1) is 24.7. The molecule has 182 valence electrons. The minimum absolute atomic E-state index is 0.277. The maximum absolute atomic E-state index is 12.8. The first-order valence-electron chi connectivity index (χ1n) is 10.9. The SMILES string of the molecule is O=C1NC(=O)C(Cc2ccc(OCC[C@H](Oc3ccc(C(F)(F)F)cc3)c3ccccc3)cc2)S1. The van der Waals surface area contributed by atoms with Crippen LogP contribution in [0.4, 0.5) is 18.0 Å². The van der Waals surface area contributed by atoms with E-state index in [1.54, 1.807) is 12.1 Å². The maximum atomic E-state index is 12.8. The Kier molecular flexibility index (Phi) is 7.65. The summed E-state index contributed by atoms with van der Waals surface area (Å²) in [7, 11) is 0. The van der Waals surface area contributed by atoms with Gasteiger partial charge < -0.3 is 9.47 Å². The molecule has 3 aromatic rings. The second kappa shape index (κ2) is 10.9. The smallest absolute Gasteiger partial charge is 0.416 e. The van der Waals surface area contributed by atoms with Crippen LogP contribution >= 0.6 is 11.8 Å². The first-order chi connectivity index (χ1) is 16.8. The molecule has 1 unspecified atom stereocenters. The summed E-state index contributed by atoms with van der Waals surface area (Å²) < 4.78 is 50.4. The van der Waals surface area contributed by atoms with Crippen molar-refractivity contribution < 1.29 is 32.2 Å². The number of amides is 2. The van der Waals surface area contributed by atoms with Crippen molar-refractivity contribution in [1.29, 1.82) is 0 Å². The molecule has 0 saturated carbocycles. The van der Waals surface area contributed by atoms with Crippen LogP contribution < -0.4 is 14.8 Å². The van der Waals surface area contributed by atoms with E-state index < -0.39 is 23.1 Å². The third kappa shape index (κ3) is 6.79. The molecule has 1 aliphatic rings. The zero-order valence-electron chi connectivity index (χ0n) is 18.5. The van der Waals surface area contributed by atoms with Crippen LogP contribution in [0.5, 0.6) is 11.5 Å². The predicted molar refractivity (Wildman–Crippen MR) is 126 cm³/mol. The van der Waals surface area contributed by atoms with E-state index in [0.717, 1.165) is 35.0 Å². The van der Waals surface area contributed by atoms with Crippen molar-refractivity contribution in [3.8, 4) is 11.5 Å². The standard InChI is InChI=1S/C26H22F3NO4S/c27-26(28,29)19-8-12-21(13-9-19)34-22(18-4-2-1-3-5-18)14-15-33-20-10-6-17(7-11-20)16-23-24(31)30-25(32)35-23/h1-13,22-23H,14-16H2,(H,30,31,32)/t22-,23?/m0/s1. The summed E-state index contributed by atoms with van der Waals surface area (Å²) in [6.45, 7) is 0.314. The average molecular weight is 502 g/mol. The molecule has 1 fully saturated rings. The molecule has 3 aromatic carbocycles. The number of alkyl halides is 3. The molecule has 9 heteroatoms. The topological polar surface area (TPSA) is 64.6 Å². The lowest BCUT2D eigenvalue weighted by molar-refractivity contribution is -0.137. The van der Waals surface area contributed by atoms with Gasteiger partial charge in [-0.2, -0.15) is 13.2 Å². The van der Waals surface area contributed by atoms with Crippen LogP contribution in [0.1, 0.15) is 29.2 Å². The monoisotopic (exact) mass is 501 g/mol. The van der Waals surface area contributed by atoms with E-state index >= 15 is 0 Å². The lowest BCUT2D eigenvalue weighted by Crippen LogP contribution is -2.25. The molecule has 0 spiro atoms. The molecule has 0 bridgehead atoms. The van der Waals surface area contributed by atoms with Crippen LogP contribution in [0.3, 0.4) is 0 Å². The summed E-state index contributed by atoms with van der Waals surface area (Å²) in [5.74, 6) is 0.693. The van der Waals surface area contributed by atoms with Gasteiger partial charge >= 0.3 is 6.18 Å². The molecule has 0 aromatic heterocycles. The van der Waals surface area contributed by atoms with Crippen LogP contribution in [0.2, 0.25) is 0 Å². The van der Waals surface area contributed by atoms with Gasteiger partial charge in [-0.05, 0) is 53.9 Å². The average Bonchev–Trinajstić information content (AvgIpc) is 3.16. The van der Waals surface area contributed by atoms with Crippen molar-refractivity contribution in [3.05, 3.63) is 95.6 Å². The molecule has 1 saturated heterocycles. The zero-order valence-corrected chi connectivity index (χ0v) is 19.3. The number of nitrogens with one attached hydrogen (secondary N) is 1. The number of halogens is 3. The van der Waals surface area contributed by atoms with Gasteiger partial charge in [0.15, 0.2) is 0 Å². The van der Waals surface area contributed by atoms with Gasteiger partial charge in [0.05, 0.1) is 17.4 Å². The van der Waals surface area contributed by atoms with Gasteiger partial charge in [0.2, 0.25) is 5.91 Å². The number of hydrogen-bond donors (Lipinski definition) is 1. The Bertz CT molecular complexity index is 1150. The molecule has 0 radical (unpaired) electrons. The fraction of sp³-hybridized carbons (Fsp3) is 0.231. The van der Waals surface area contributed by atoms with Gasteiger partial charge in [0.1, 0.15) is 17.6 Å². The third-order valence-electron chi connectivity index (χ3n) is 5.39. The molecule has 1 aliphatic heterocycles. The van der Waals surface area contributed by atoms with E-state index in [2.05, 4.69) is 5.32 Å². The highest BCUT2D eigenvalue weighted by Gasteiger charge is 2.31. The highest BCUT2D eigenvalue weighted by atomic mass is 32.2. The van der Waals surface area contributed by atoms with Crippen molar-refractivity contribution in [1.82, 2.24) is 5.32 Å². The van der Waals surface area contributed by atoms with Crippen LogP contribution in [0.15, 0.2) is 78.9 Å².